The molecule has 0 radical (unpaired) electrons. The van der Waals surface area contributed by atoms with E-state index >= 15 is 0 Å². The van der Waals surface area contributed by atoms with Crippen LogP contribution >= 0.6 is 0 Å². The smallest absolute Gasteiger partial charge is 0.246 e. The van der Waals surface area contributed by atoms with Crippen molar-refractivity contribution in [2.75, 3.05) is 20.2 Å². The van der Waals surface area contributed by atoms with Gasteiger partial charge in [-0.25, -0.2) is 0 Å². The molecule has 0 spiro atoms. The summed E-state index contributed by atoms with van der Waals surface area (Å²) in [5, 5.41) is 0. The van der Waals surface area contributed by atoms with E-state index in [1.54, 1.807) is 0 Å². The van der Waals surface area contributed by atoms with E-state index in [0.29, 0.717) is 11.8 Å². The van der Waals surface area contributed by atoms with Crippen LogP contribution in [0.4, 0.5) is 0 Å². The molecule has 0 unspecified atom stereocenters. The second-order valence-corrected chi connectivity index (χ2v) is 11.1. The number of allylic oxidation sites excluding steroid dienone is 3. The highest BCUT2D eigenvalue weighted by atomic mass is 16.5. The predicted molar refractivity (Wildman–Crippen MR) is 128 cm³/mol. The summed E-state index contributed by atoms with van der Waals surface area (Å²) < 4.78 is 5.88. The van der Waals surface area contributed by atoms with E-state index in [1.807, 2.05) is 30.4 Å². The van der Waals surface area contributed by atoms with Gasteiger partial charge in [-0.2, -0.15) is 0 Å². The third-order valence-corrected chi connectivity index (χ3v) is 9.45. The molecule has 2 saturated carbocycles. The van der Waals surface area contributed by atoms with Gasteiger partial charge in [-0.15, -0.1) is 0 Å². The van der Waals surface area contributed by atoms with E-state index in [-0.39, 0.29) is 16.7 Å². The summed E-state index contributed by atoms with van der Waals surface area (Å²) in [6.07, 6.45) is 16.4. The van der Waals surface area contributed by atoms with Crippen molar-refractivity contribution in [3.8, 4) is 5.75 Å². The van der Waals surface area contributed by atoms with Crippen LogP contribution in [0.3, 0.4) is 0 Å². The van der Waals surface area contributed by atoms with Crippen LogP contribution in [0.1, 0.15) is 71.3 Å². The maximum atomic E-state index is 12.5. The fraction of sp³-hybridized carbons (Fsp3) is 0.643. The third kappa shape index (κ3) is 3.33. The van der Waals surface area contributed by atoms with Crippen LogP contribution in [0.2, 0.25) is 0 Å². The summed E-state index contributed by atoms with van der Waals surface area (Å²) in [6.45, 7) is 8.71. The number of carbonyl (C=O) groups is 1. The highest BCUT2D eigenvalue weighted by molar-refractivity contribution is 5.88. The Kier molecular flexibility index (Phi) is 5.46. The number of hydrogen-bond acceptors (Lipinski definition) is 3. The van der Waals surface area contributed by atoms with E-state index in [4.69, 9.17) is 4.74 Å². The monoisotopic (exact) mass is 434 g/mol. The number of ether oxygens (including phenoxy) is 1. The Balaban J connectivity index is 1.42. The van der Waals surface area contributed by atoms with Crippen LogP contribution in [0.25, 0.3) is 5.57 Å². The minimum atomic E-state index is 0.170. The van der Waals surface area contributed by atoms with Crippen molar-refractivity contribution in [1.29, 1.82) is 0 Å². The van der Waals surface area contributed by atoms with Gasteiger partial charge in [-0.1, -0.05) is 32.4 Å². The molecule has 5 atom stereocenters. The lowest BCUT2D eigenvalue weighted by Gasteiger charge is -2.57. The van der Waals surface area contributed by atoms with E-state index in [2.05, 4.69) is 37.9 Å². The molecule has 3 aliphatic carbocycles. The molecule has 0 N–H and O–H groups in total. The van der Waals surface area contributed by atoms with Crippen molar-refractivity contribution in [1.82, 2.24) is 9.88 Å². The van der Waals surface area contributed by atoms with Gasteiger partial charge in [0, 0.05) is 25.9 Å². The lowest BCUT2D eigenvalue weighted by Crippen LogP contribution is -2.49. The lowest BCUT2D eigenvalue weighted by atomic mass is 9.47. The van der Waals surface area contributed by atoms with Crippen molar-refractivity contribution < 1.29 is 9.53 Å². The zero-order chi connectivity index (χ0) is 22.5. The molecule has 0 aromatic carbocycles. The molecule has 2 heterocycles. The first-order valence-electron chi connectivity index (χ1n) is 12.6. The summed E-state index contributed by atoms with van der Waals surface area (Å²) in [5.74, 6) is 3.19. The number of aromatic nitrogens is 1. The first-order chi connectivity index (χ1) is 15.4. The minimum absolute atomic E-state index is 0.170. The first-order valence-corrected chi connectivity index (χ1v) is 12.6. The quantitative estimate of drug-likeness (QED) is 0.593. The summed E-state index contributed by atoms with van der Waals surface area (Å²) in [6, 6.07) is 2.20. The fourth-order valence-corrected chi connectivity index (χ4v) is 7.56. The first kappa shape index (κ1) is 21.7. The summed E-state index contributed by atoms with van der Waals surface area (Å²) in [5.41, 5.74) is 4.53. The van der Waals surface area contributed by atoms with E-state index < -0.39 is 0 Å². The van der Waals surface area contributed by atoms with Gasteiger partial charge in [0.1, 0.15) is 5.75 Å². The Morgan fingerprint density at radius 2 is 2.00 bits per heavy atom. The van der Waals surface area contributed by atoms with Crippen LogP contribution < -0.4 is 4.74 Å². The number of fused-ring (bicyclic) bond motifs is 5. The molecule has 4 nitrogen and oxygen atoms in total. The molecule has 1 aliphatic heterocycles. The molecular formula is C28H38N2O2. The average Bonchev–Trinajstić information content (AvgIpc) is 3.10. The van der Waals surface area contributed by atoms with Gasteiger partial charge in [0.05, 0.1) is 12.8 Å². The summed E-state index contributed by atoms with van der Waals surface area (Å²) in [4.78, 5) is 18.9. The van der Waals surface area contributed by atoms with Gasteiger partial charge >= 0.3 is 0 Å². The average molecular weight is 435 g/mol. The molecule has 172 valence electrons. The van der Waals surface area contributed by atoms with Gasteiger partial charge in [-0.05, 0) is 90.7 Å². The van der Waals surface area contributed by atoms with Gasteiger partial charge in [0.15, 0.2) is 0 Å². The van der Waals surface area contributed by atoms with E-state index in [1.165, 1.54) is 42.4 Å². The second kappa shape index (κ2) is 8.04. The third-order valence-electron chi connectivity index (χ3n) is 9.45. The topological polar surface area (TPSA) is 42.4 Å². The zero-order valence-electron chi connectivity index (χ0n) is 20.2. The molecule has 1 aromatic heterocycles. The summed E-state index contributed by atoms with van der Waals surface area (Å²) in [7, 11) is 1.95. The van der Waals surface area contributed by atoms with Gasteiger partial charge in [0.25, 0.3) is 0 Å². The van der Waals surface area contributed by atoms with Crippen molar-refractivity contribution in [3.05, 3.63) is 41.7 Å². The van der Waals surface area contributed by atoms with E-state index in [9.17, 15) is 4.79 Å². The number of rotatable bonds is 4. The van der Waals surface area contributed by atoms with E-state index in [0.717, 1.165) is 44.1 Å². The standard InChI is InChI=1S/C28H38N2O2/c1-5-14-32-21-15-19(17-29-18-21)23-8-9-24-22-7-6-20-16-26(31)30(4)13-12-27(20,2)25(22)10-11-28(23,24)3/h8,15-18,22,24-25H,5-7,9-14H2,1-4H3/t22-,24-,25-,27-,28+/m0/s1. The number of amides is 1. The van der Waals surface area contributed by atoms with Crippen LogP contribution in [-0.4, -0.2) is 36.0 Å². The highest BCUT2D eigenvalue weighted by Gasteiger charge is 2.57. The Morgan fingerprint density at radius 1 is 1.16 bits per heavy atom. The van der Waals surface area contributed by atoms with Crippen molar-refractivity contribution in [2.45, 2.75) is 65.7 Å². The molecule has 1 aromatic rings. The largest absolute Gasteiger partial charge is 0.492 e. The molecule has 0 bridgehead atoms. The molecule has 0 saturated heterocycles. The number of hydrogen-bond donors (Lipinski definition) is 0. The SMILES string of the molecule is CCCOc1cncc(C2=CC[C@H]3[C@@H]4CCC5=CC(=O)N(C)CC[C@]5(C)[C@H]4CC[C@]23C)c1. The lowest BCUT2D eigenvalue weighted by molar-refractivity contribution is -0.124. The van der Waals surface area contributed by atoms with Crippen LogP contribution in [0.15, 0.2) is 36.2 Å². The molecule has 2 fully saturated rings. The number of carbonyl (C=O) groups excluding carboxylic acids is 1. The van der Waals surface area contributed by atoms with Crippen LogP contribution in [0, 0.1) is 28.6 Å². The van der Waals surface area contributed by atoms with Crippen LogP contribution in [0.5, 0.6) is 5.75 Å². The Hall–Kier alpha value is -2.10. The predicted octanol–water partition coefficient (Wildman–Crippen LogP) is 5.89. The number of pyridine rings is 1. The summed E-state index contributed by atoms with van der Waals surface area (Å²) >= 11 is 0. The normalized spacial score (nSPS) is 36.4. The molecule has 5 rings (SSSR count). The fourth-order valence-electron chi connectivity index (χ4n) is 7.56. The number of likely N-dealkylation sites (N-methyl/N-ethyl adjacent to an activating group) is 1. The maximum absolute atomic E-state index is 12.5. The number of nitrogens with zero attached hydrogens (tertiary/aromatic N) is 2. The molecule has 1 amide bonds. The van der Waals surface area contributed by atoms with Gasteiger partial charge in [0.2, 0.25) is 5.91 Å². The molecule has 32 heavy (non-hydrogen) atoms. The van der Waals surface area contributed by atoms with Crippen LogP contribution in [-0.2, 0) is 4.79 Å². The maximum Gasteiger partial charge on any atom is 0.246 e. The van der Waals surface area contributed by atoms with Gasteiger partial charge in [-0.3, -0.25) is 9.78 Å². The molecule has 4 aliphatic rings. The minimum Gasteiger partial charge on any atom is -0.492 e. The second-order valence-electron chi connectivity index (χ2n) is 11.1. The van der Waals surface area contributed by atoms with Crippen molar-refractivity contribution in [3.63, 3.8) is 0 Å². The molecule has 4 heteroatoms. The Morgan fingerprint density at radius 3 is 2.81 bits per heavy atom. The zero-order valence-corrected chi connectivity index (χ0v) is 20.2. The Bertz CT molecular complexity index is 966. The van der Waals surface area contributed by atoms with Crippen molar-refractivity contribution >= 4 is 11.5 Å². The van der Waals surface area contributed by atoms with Crippen molar-refractivity contribution in [2.24, 2.45) is 28.6 Å². The van der Waals surface area contributed by atoms with Gasteiger partial charge < -0.3 is 9.64 Å². The highest BCUT2D eigenvalue weighted by Crippen LogP contribution is 2.66. The molecular weight excluding hydrogens is 396 g/mol. The Labute approximate surface area is 193 Å².